The maximum atomic E-state index is 11.3. The van der Waals surface area contributed by atoms with Gasteiger partial charge in [0.25, 0.3) is 0 Å². The predicted octanol–water partition coefficient (Wildman–Crippen LogP) is 3.02. The second-order valence-electron chi connectivity index (χ2n) is 3.07. The Kier molecular flexibility index (Phi) is 4.96. The summed E-state index contributed by atoms with van der Waals surface area (Å²) >= 11 is 9.21. The number of esters is 1. The van der Waals surface area contributed by atoms with E-state index in [4.69, 9.17) is 16.3 Å². The van der Waals surface area contributed by atoms with Crippen molar-refractivity contribution < 1.29 is 14.3 Å². The van der Waals surface area contributed by atoms with Crippen molar-refractivity contribution in [2.24, 2.45) is 0 Å². The Balaban J connectivity index is 2.99. The van der Waals surface area contributed by atoms with Crippen LogP contribution in [0.5, 0.6) is 0 Å². The lowest BCUT2D eigenvalue weighted by Crippen LogP contribution is -2.08. The smallest absolute Gasteiger partial charge is 0.310 e. The molecule has 16 heavy (non-hydrogen) atoms. The summed E-state index contributed by atoms with van der Waals surface area (Å²) < 4.78 is 5.52. The minimum absolute atomic E-state index is 0.0625. The zero-order valence-electron chi connectivity index (χ0n) is 8.63. The van der Waals surface area contributed by atoms with Crippen molar-refractivity contribution in [3.63, 3.8) is 0 Å². The normalized spacial score (nSPS) is 9.94. The van der Waals surface area contributed by atoms with Crippen LogP contribution in [0.2, 0.25) is 5.02 Å². The monoisotopic (exact) mass is 304 g/mol. The third kappa shape index (κ3) is 3.32. The molecule has 0 saturated carbocycles. The number of hydrogen-bond acceptors (Lipinski definition) is 3. The largest absolute Gasteiger partial charge is 0.466 e. The Morgan fingerprint density at radius 2 is 2.25 bits per heavy atom. The van der Waals surface area contributed by atoms with Crippen LogP contribution in [0.3, 0.4) is 0 Å². The second kappa shape index (κ2) is 6.01. The fraction of sp³-hybridized carbons (Fsp3) is 0.273. The molecule has 0 bridgehead atoms. The lowest BCUT2D eigenvalue weighted by molar-refractivity contribution is -0.142. The van der Waals surface area contributed by atoms with Crippen LogP contribution in [0.15, 0.2) is 16.6 Å². The van der Waals surface area contributed by atoms with Gasteiger partial charge in [-0.3, -0.25) is 9.59 Å². The number of hydrogen-bond donors (Lipinski definition) is 0. The maximum absolute atomic E-state index is 11.3. The Labute approximate surface area is 107 Å². The molecule has 1 rings (SSSR count). The highest BCUT2D eigenvalue weighted by Crippen LogP contribution is 2.25. The molecule has 0 atom stereocenters. The third-order valence-corrected chi connectivity index (χ3v) is 2.83. The van der Waals surface area contributed by atoms with Crippen molar-refractivity contribution in [1.82, 2.24) is 0 Å². The molecule has 0 aliphatic heterocycles. The van der Waals surface area contributed by atoms with E-state index in [9.17, 15) is 9.59 Å². The van der Waals surface area contributed by atoms with E-state index in [2.05, 4.69) is 15.9 Å². The van der Waals surface area contributed by atoms with Gasteiger partial charge < -0.3 is 4.74 Å². The molecule has 0 aliphatic carbocycles. The van der Waals surface area contributed by atoms with Crippen molar-refractivity contribution in [2.45, 2.75) is 13.3 Å². The van der Waals surface area contributed by atoms with Crippen molar-refractivity contribution in [3.05, 3.63) is 32.8 Å². The van der Waals surface area contributed by atoms with E-state index in [0.717, 1.165) is 0 Å². The average Bonchev–Trinajstić information content (AvgIpc) is 2.23. The van der Waals surface area contributed by atoms with E-state index < -0.39 is 0 Å². The summed E-state index contributed by atoms with van der Waals surface area (Å²) in [7, 11) is 0. The number of benzene rings is 1. The number of carbonyl (C=O) groups is 2. The Morgan fingerprint density at radius 3 is 2.81 bits per heavy atom. The van der Waals surface area contributed by atoms with E-state index >= 15 is 0 Å². The molecule has 3 nitrogen and oxygen atoms in total. The minimum atomic E-state index is -0.362. The standard InChI is InChI=1S/C11H10BrClO3/c1-2-16-10(15)5-7-3-9(12)4-8(6-14)11(7)13/h3-4,6H,2,5H2,1H3. The zero-order valence-corrected chi connectivity index (χ0v) is 11.0. The highest BCUT2D eigenvalue weighted by atomic mass is 79.9. The number of ether oxygens (including phenoxy) is 1. The van der Waals surface area contributed by atoms with Gasteiger partial charge in [-0.1, -0.05) is 27.5 Å². The molecule has 0 unspecified atom stereocenters. The minimum Gasteiger partial charge on any atom is -0.466 e. The van der Waals surface area contributed by atoms with Gasteiger partial charge in [-0.15, -0.1) is 0 Å². The fourth-order valence-electron chi connectivity index (χ4n) is 1.25. The van der Waals surface area contributed by atoms with Crippen molar-refractivity contribution >= 4 is 39.8 Å². The van der Waals surface area contributed by atoms with Gasteiger partial charge in [-0.05, 0) is 24.6 Å². The van der Waals surface area contributed by atoms with Crippen LogP contribution in [0, 0.1) is 0 Å². The summed E-state index contributed by atoms with van der Waals surface area (Å²) in [5.74, 6) is -0.362. The lowest BCUT2D eigenvalue weighted by Gasteiger charge is -2.07. The van der Waals surface area contributed by atoms with E-state index in [1.807, 2.05) is 0 Å². The van der Waals surface area contributed by atoms with E-state index in [0.29, 0.717) is 33.5 Å². The quantitative estimate of drug-likeness (QED) is 0.634. The number of halogens is 2. The van der Waals surface area contributed by atoms with E-state index in [-0.39, 0.29) is 12.4 Å². The number of carbonyl (C=O) groups excluding carboxylic acids is 2. The summed E-state index contributed by atoms with van der Waals surface area (Å²) in [5, 5.41) is 0.297. The number of aldehydes is 1. The van der Waals surface area contributed by atoms with Crippen LogP contribution >= 0.6 is 27.5 Å². The number of rotatable bonds is 4. The molecule has 1 aromatic carbocycles. The van der Waals surface area contributed by atoms with Crippen LogP contribution in [0.25, 0.3) is 0 Å². The summed E-state index contributed by atoms with van der Waals surface area (Å²) in [4.78, 5) is 22.0. The first kappa shape index (κ1) is 13.2. The zero-order chi connectivity index (χ0) is 12.1. The van der Waals surface area contributed by atoms with Gasteiger partial charge in [0.15, 0.2) is 6.29 Å². The van der Waals surface area contributed by atoms with E-state index in [1.165, 1.54) is 0 Å². The highest BCUT2D eigenvalue weighted by molar-refractivity contribution is 9.10. The van der Waals surface area contributed by atoms with Crippen molar-refractivity contribution in [3.8, 4) is 0 Å². The maximum Gasteiger partial charge on any atom is 0.310 e. The molecule has 1 aromatic rings. The Hall–Kier alpha value is -0.870. The molecule has 0 radical (unpaired) electrons. The molecular weight excluding hydrogens is 295 g/mol. The summed E-state index contributed by atoms with van der Waals surface area (Å²) in [5.41, 5.74) is 0.937. The van der Waals surface area contributed by atoms with Crippen LogP contribution in [0.4, 0.5) is 0 Å². The molecule has 0 N–H and O–H groups in total. The van der Waals surface area contributed by atoms with Gasteiger partial charge >= 0.3 is 5.97 Å². The molecule has 0 heterocycles. The summed E-state index contributed by atoms with van der Waals surface area (Å²) in [6, 6.07) is 3.30. The van der Waals surface area contributed by atoms with Crippen molar-refractivity contribution in [2.75, 3.05) is 6.61 Å². The lowest BCUT2D eigenvalue weighted by atomic mass is 10.1. The molecule has 0 aliphatic rings. The summed E-state index contributed by atoms with van der Waals surface area (Å²) in [6.07, 6.45) is 0.717. The molecule has 0 aromatic heterocycles. The summed E-state index contributed by atoms with van der Waals surface area (Å²) in [6.45, 7) is 2.06. The van der Waals surface area contributed by atoms with Crippen LogP contribution in [0.1, 0.15) is 22.8 Å². The SMILES string of the molecule is CCOC(=O)Cc1cc(Br)cc(C=O)c1Cl. The van der Waals surface area contributed by atoms with Gasteiger partial charge in [-0.25, -0.2) is 0 Å². The topological polar surface area (TPSA) is 43.4 Å². The van der Waals surface area contributed by atoms with Gasteiger partial charge in [0, 0.05) is 10.0 Å². The van der Waals surface area contributed by atoms with Gasteiger partial charge in [0.05, 0.1) is 18.1 Å². The van der Waals surface area contributed by atoms with Crippen LogP contribution < -0.4 is 0 Å². The third-order valence-electron chi connectivity index (χ3n) is 1.91. The molecule has 86 valence electrons. The predicted molar refractivity (Wildman–Crippen MR) is 64.9 cm³/mol. The van der Waals surface area contributed by atoms with Crippen LogP contribution in [-0.4, -0.2) is 18.9 Å². The molecule has 0 saturated heterocycles. The molecule has 0 spiro atoms. The molecule has 5 heteroatoms. The van der Waals surface area contributed by atoms with Gasteiger partial charge in [0.2, 0.25) is 0 Å². The average molecular weight is 306 g/mol. The van der Waals surface area contributed by atoms with Crippen LogP contribution in [-0.2, 0) is 16.0 Å². The first-order chi connectivity index (χ1) is 7.58. The first-order valence-electron chi connectivity index (χ1n) is 4.67. The highest BCUT2D eigenvalue weighted by Gasteiger charge is 2.12. The Bertz CT molecular complexity index is 418. The first-order valence-corrected chi connectivity index (χ1v) is 5.84. The van der Waals surface area contributed by atoms with Crippen molar-refractivity contribution in [1.29, 1.82) is 0 Å². The Morgan fingerprint density at radius 1 is 1.56 bits per heavy atom. The molecule has 0 amide bonds. The fourth-order valence-corrected chi connectivity index (χ4v) is 1.99. The molecule has 0 fully saturated rings. The molecular formula is C11H10BrClO3. The van der Waals surface area contributed by atoms with Gasteiger partial charge in [0.1, 0.15) is 0 Å². The van der Waals surface area contributed by atoms with Gasteiger partial charge in [-0.2, -0.15) is 0 Å². The second-order valence-corrected chi connectivity index (χ2v) is 4.36. The van der Waals surface area contributed by atoms with E-state index in [1.54, 1.807) is 19.1 Å².